The number of likely N-dealkylation sites (tertiary alicyclic amines) is 1. The molecule has 0 unspecified atom stereocenters. The van der Waals surface area contributed by atoms with Crippen molar-refractivity contribution in [1.82, 2.24) is 15.5 Å². The number of aliphatic carboxylic acids is 2. The summed E-state index contributed by atoms with van der Waals surface area (Å²) in [5.41, 5.74) is 0. The number of hydrogen-bond donors (Lipinski definition) is 6. The molecule has 6 N–H and O–H groups in total. The number of nitrogens with zero attached hydrogens (tertiary/aromatic N) is 1. The number of rotatable bonds is 8. The van der Waals surface area contributed by atoms with E-state index < -0.39 is 66.9 Å². The lowest BCUT2D eigenvalue weighted by Gasteiger charge is -2.25. The van der Waals surface area contributed by atoms with E-state index in [2.05, 4.69) is 5.32 Å². The topological polar surface area (TPSA) is 194 Å². The SMILES string of the molecule is C[C@H](NC(=O)[C@@H]1C[C@@H](O)CN1C(=O)CC(=O)O)C(=O)N[C@@H](CO)C(=O)O. The zero-order valence-corrected chi connectivity index (χ0v) is 13.9. The molecule has 1 aliphatic heterocycles. The summed E-state index contributed by atoms with van der Waals surface area (Å²) < 4.78 is 0. The molecule has 1 fully saturated rings. The van der Waals surface area contributed by atoms with Crippen LogP contribution >= 0.6 is 0 Å². The van der Waals surface area contributed by atoms with Crippen LogP contribution in [0.3, 0.4) is 0 Å². The number of amides is 3. The van der Waals surface area contributed by atoms with Gasteiger partial charge >= 0.3 is 11.9 Å². The number of nitrogens with one attached hydrogen (secondary N) is 2. The van der Waals surface area contributed by atoms with Gasteiger partial charge in [-0.3, -0.25) is 19.2 Å². The Morgan fingerprint density at radius 1 is 1.15 bits per heavy atom. The number of carbonyl (C=O) groups is 5. The van der Waals surface area contributed by atoms with Crippen LogP contribution in [0.1, 0.15) is 19.8 Å². The molecular weight excluding hydrogens is 354 g/mol. The summed E-state index contributed by atoms with van der Waals surface area (Å²) in [6, 6.07) is -3.88. The first-order chi connectivity index (χ1) is 12.1. The summed E-state index contributed by atoms with van der Waals surface area (Å²) in [6.07, 6.45) is -1.98. The highest BCUT2D eigenvalue weighted by Crippen LogP contribution is 2.19. The third-order valence-electron chi connectivity index (χ3n) is 3.75. The number of carboxylic acid groups (broad SMARTS) is 2. The highest BCUT2D eigenvalue weighted by Gasteiger charge is 2.40. The molecule has 26 heavy (non-hydrogen) atoms. The molecule has 0 bridgehead atoms. The lowest BCUT2D eigenvalue weighted by atomic mass is 10.1. The summed E-state index contributed by atoms with van der Waals surface area (Å²) in [5, 5.41) is 40.3. The van der Waals surface area contributed by atoms with Crippen molar-refractivity contribution < 1.29 is 44.4 Å². The van der Waals surface area contributed by atoms with Crippen molar-refractivity contribution in [2.45, 2.75) is 44.0 Å². The van der Waals surface area contributed by atoms with Crippen molar-refractivity contribution in [1.29, 1.82) is 0 Å². The van der Waals surface area contributed by atoms with Crippen LogP contribution in [0.5, 0.6) is 0 Å². The molecule has 3 amide bonds. The highest BCUT2D eigenvalue weighted by molar-refractivity contribution is 5.97. The van der Waals surface area contributed by atoms with Gasteiger partial charge in [-0.05, 0) is 6.92 Å². The second-order valence-corrected chi connectivity index (χ2v) is 5.83. The van der Waals surface area contributed by atoms with E-state index in [-0.39, 0.29) is 13.0 Å². The Bertz CT molecular complexity index is 594. The third-order valence-corrected chi connectivity index (χ3v) is 3.75. The molecule has 0 aromatic carbocycles. The minimum Gasteiger partial charge on any atom is -0.481 e. The normalized spacial score (nSPS) is 21.6. The fourth-order valence-corrected chi connectivity index (χ4v) is 2.43. The zero-order valence-electron chi connectivity index (χ0n) is 13.9. The first kappa shape index (κ1) is 21.3. The van der Waals surface area contributed by atoms with Crippen molar-refractivity contribution in [2.75, 3.05) is 13.2 Å². The minimum atomic E-state index is -1.54. The number of aliphatic hydroxyl groups excluding tert-OH is 2. The van der Waals surface area contributed by atoms with Crippen LogP contribution in [-0.2, 0) is 24.0 Å². The van der Waals surface area contributed by atoms with E-state index >= 15 is 0 Å². The van der Waals surface area contributed by atoms with Crippen LogP contribution in [0.15, 0.2) is 0 Å². The fourth-order valence-electron chi connectivity index (χ4n) is 2.43. The standard InChI is InChI=1S/C14H21N3O9/c1-6(12(23)16-8(5-18)14(25)26)15-13(24)9-2-7(19)4-17(9)10(20)3-11(21)22/h6-9,18-19H,2-5H2,1H3,(H,15,24)(H,16,23)(H,21,22)(H,25,26)/t6-,7+,8-,9-/m0/s1. The van der Waals surface area contributed by atoms with Crippen LogP contribution in [0.4, 0.5) is 0 Å². The Morgan fingerprint density at radius 2 is 1.77 bits per heavy atom. The van der Waals surface area contributed by atoms with Gasteiger partial charge in [0.25, 0.3) is 0 Å². The van der Waals surface area contributed by atoms with Gasteiger partial charge in [0.05, 0.1) is 12.7 Å². The average molecular weight is 375 g/mol. The summed E-state index contributed by atoms with van der Waals surface area (Å²) in [7, 11) is 0. The van der Waals surface area contributed by atoms with Crippen LogP contribution < -0.4 is 10.6 Å². The number of carbonyl (C=O) groups excluding carboxylic acids is 3. The number of hydrogen-bond acceptors (Lipinski definition) is 7. The van der Waals surface area contributed by atoms with E-state index in [1.165, 1.54) is 6.92 Å². The van der Waals surface area contributed by atoms with Gasteiger partial charge < -0.3 is 36.0 Å². The molecule has 12 heteroatoms. The number of aliphatic hydroxyl groups is 2. The maximum absolute atomic E-state index is 12.3. The summed E-state index contributed by atoms with van der Waals surface area (Å²) >= 11 is 0. The van der Waals surface area contributed by atoms with Crippen molar-refractivity contribution in [3.8, 4) is 0 Å². The molecule has 0 saturated carbocycles. The zero-order chi connectivity index (χ0) is 20.0. The predicted molar refractivity (Wildman–Crippen MR) is 82.6 cm³/mol. The fraction of sp³-hybridized carbons (Fsp3) is 0.643. The summed E-state index contributed by atoms with van der Waals surface area (Å²) in [6.45, 7) is 0.211. The lowest BCUT2D eigenvalue weighted by molar-refractivity contribution is -0.147. The number of carboxylic acids is 2. The van der Waals surface area contributed by atoms with Gasteiger partial charge in [0.15, 0.2) is 0 Å². The largest absolute Gasteiger partial charge is 0.481 e. The van der Waals surface area contributed by atoms with Gasteiger partial charge in [0, 0.05) is 13.0 Å². The van der Waals surface area contributed by atoms with Gasteiger partial charge in [-0.25, -0.2) is 4.79 Å². The van der Waals surface area contributed by atoms with Crippen molar-refractivity contribution in [2.24, 2.45) is 0 Å². The van der Waals surface area contributed by atoms with E-state index in [1.807, 2.05) is 5.32 Å². The highest BCUT2D eigenvalue weighted by atomic mass is 16.4. The molecule has 1 saturated heterocycles. The molecule has 12 nitrogen and oxygen atoms in total. The molecule has 0 aliphatic carbocycles. The van der Waals surface area contributed by atoms with Crippen molar-refractivity contribution >= 4 is 29.7 Å². The Morgan fingerprint density at radius 3 is 2.27 bits per heavy atom. The van der Waals surface area contributed by atoms with Crippen LogP contribution in [0.2, 0.25) is 0 Å². The van der Waals surface area contributed by atoms with E-state index in [4.69, 9.17) is 15.3 Å². The molecular formula is C14H21N3O9. The monoisotopic (exact) mass is 375 g/mol. The molecule has 1 heterocycles. The van der Waals surface area contributed by atoms with E-state index in [0.29, 0.717) is 0 Å². The molecule has 0 radical (unpaired) electrons. The summed E-state index contributed by atoms with van der Waals surface area (Å²) in [4.78, 5) is 58.4. The molecule has 4 atom stereocenters. The second-order valence-electron chi connectivity index (χ2n) is 5.83. The summed E-state index contributed by atoms with van der Waals surface area (Å²) in [5.74, 6) is -5.35. The van der Waals surface area contributed by atoms with Gasteiger partial charge in [0.1, 0.15) is 24.5 Å². The second kappa shape index (κ2) is 9.10. The van der Waals surface area contributed by atoms with Crippen LogP contribution in [0.25, 0.3) is 0 Å². The van der Waals surface area contributed by atoms with Gasteiger partial charge in [-0.1, -0.05) is 0 Å². The first-order valence-electron chi connectivity index (χ1n) is 7.70. The van der Waals surface area contributed by atoms with E-state index in [1.54, 1.807) is 0 Å². The molecule has 0 spiro atoms. The van der Waals surface area contributed by atoms with E-state index in [9.17, 15) is 29.1 Å². The molecule has 146 valence electrons. The Hall–Kier alpha value is -2.73. The quantitative estimate of drug-likeness (QED) is 0.233. The third kappa shape index (κ3) is 5.67. The molecule has 0 aromatic heterocycles. The van der Waals surface area contributed by atoms with Crippen molar-refractivity contribution in [3.63, 3.8) is 0 Å². The van der Waals surface area contributed by atoms with Gasteiger partial charge in [0.2, 0.25) is 17.7 Å². The van der Waals surface area contributed by atoms with Crippen LogP contribution in [0, 0.1) is 0 Å². The molecule has 1 rings (SSSR count). The van der Waals surface area contributed by atoms with Crippen LogP contribution in [-0.4, -0.2) is 92.4 Å². The predicted octanol–water partition coefficient (Wildman–Crippen LogP) is -3.51. The maximum atomic E-state index is 12.3. The smallest absolute Gasteiger partial charge is 0.328 e. The minimum absolute atomic E-state index is 0.125. The Kier molecular flexibility index (Phi) is 7.46. The van der Waals surface area contributed by atoms with E-state index in [0.717, 1.165) is 4.90 Å². The maximum Gasteiger partial charge on any atom is 0.328 e. The Labute approximate surface area is 147 Å². The number of β-amino-alcohol motifs (C(OH)–C–C–N with tert-alkyl or cyclic N) is 1. The first-order valence-corrected chi connectivity index (χ1v) is 7.70. The lowest BCUT2D eigenvalue weighted by Crippen LogP contribution is -2.55. The molecule has 1 aliphatic rings. The van der Waals surface area contributed by atoms with Gasteiger partial charge in [-0.2, -0.15) is 0 Å². The average Bonchev–Trinajstić information content (AvgIpc) is 2.93. The van der Waals surface area contributed by atoms with Gasteiger partial charge in [-0.15, -0.1) is 0 Å². The molecule has 0 aromatic rings. The Balaban J connectivity index is 2.71. The van der Waals surface area contributed by atoms with Crippen molar-refractivity contribution in [3.05, 3.63) is 0 Å².